The van der Waals surface area contributed by atoms with E-state index in [1.807, 2.05) is 4.90 Å². The van der Waals surface area contributed by atoms with Crippen molar-refractivity contribution in [2.75, 3.05) is 26.8 Å². The zero-order valence-corrected chi connectivity index (χ0v) is 21.2. The Morgan fingerprint density at radius 1 is 1.03 bits per heavy atom. The van der Waals surface area contributed by atoms with Crippen molar-refractivity contribution in [2.24, 2.45) is 11.3 Å². The fourth-order valence-corrected chi connectivity index (χ4v) is 5.63. The predicted octanol–water partition coefficient (Wildman–Crippen LogP) is 4.90. The summed E-state index contributed by atoms with van der Waals surface area (Å²) in [6.45, 7) is 2.04. The van der Waals surface area contributed by atoms with E-state index in [-0.39, 0.29) is 35.3 Å². The van der Waals surface area contributed by atoms with E-state index in [1.54, 1.807) is 25.3 Å². The third-order valence-electron chi connectivity index (χ3n) is 8.12. The van der Waals surface area contributed by atoms with Gasteiger partial charge in [0, 0.05) is 30.3 Å². The molecule has 1 heterocycles. The van der Waals surface area contributed by atoms with Crippen LogP contribution in [-0.2, 0) is 11.2 Å². The third-order valence-corrected chi connectivity index (χ3v) is 8.12. The van der Waals surface area contributed by atoms with Gasteiger partial charge >= 0.3 is 0 Å². The first-order valence-corrected chi connectivity index (χ1v) is 13.2. The Labute approximate surface area is 216 Å². The molecule has 2 aromatic rings. The van der Waals surface area contributed by atoms with Crippen LogP contribution in [0.3, 0.4) is 0 Å². The predicted molar refractivity (Wildman–Crippen MR) is 135 cm³/mol. The molecule has 0 radical (unpaired) electrons. The van der Waals surface area contributed by atoms with Crippen molar-refractivity contribution in [2.45, 2.75) is 57.4 Å². The maximum absolute atomic E-state index is 13.9. The molecule has 0 atom stereocenters. The van der Waals surface area contributed by atoms with Gasteiger partial charge in [-0.05, 0) is 86.6 Å². The number of halogens is 2. The first-order chi connectivity index (χ1) is 17.9. The van der Waals surface area contributed by atoms with Gasteiger partial charge in [-0.25, -0.2) is 8.78 Å². The number of hydrogen-bond acceptors (Lipinski definition) is 4. The molecule has 2 amide bonds. The first-order valence-electron chi connectivity index (χ1n) is 13.2. The van der Waals surface area contributed by atoms with Gasteiger partial charge in [0.2, 0.25) is 5.91 Å². The molecule has 1 saturated heterocycles. The summed E-state index contributed by atoms with van der Waals surface area (Å²) in [6, 6.07) is 8.97. The summed E-state index contributed by atoms with van der Waals surface area (Å²) < 4.78 is 39.1. The van der Waals surface area contributed by atoms with Gasteiger partial charge in [0.25, 0.3) is 5.91 Å². The molecule has 2 saturated carbocycles. The first kappa shape index (κ1) is 25.5. The molecule has 6 nitrogen and oxygen atoms in total. The van der Waals surface area contributed by atoms with Crippen molar-refractivity contribution in [3.05, 3.63) is 59.2 Å². The summed E-state index contributed by atoms with van der Waals surface area (Å²) >= 11 is 0. The highest BCUT2D eigenvalue weighted by Crippen LogP contribution is 2.44. The SMILES string of the molecule is COc1ccc(C(=O)N2CCC3(CCC(NC(=O)Cc4c(F)cccc4F)CC3)C2)cc1OCC1CC1. The molecular weight excluding hydrogens is 478 g/mol. The fourth-order valence-electron chi connectivity index (χ4n) is 5.63. The smallest absolute Gasteiger partial charge is 0.254 e. The van der Waals surface area contributed by atoms with Crippen LogP contribution in [0.5, 0.6) is 11.5 Å². The molecule has 3 aliphatic rings. The Bertz CT molecular complexity index is 1140. The summed E-state index contributed by atoms with van der Waals surface area (Å²) in [7, 11) is 1.60. The molecule has 1 N–H and O–H groups in total. The molecule has 0 aromatic heterocycles. The van der Waals surface area contributed by atoms with E-state index in [2.05, 4.69) is 5.32 Å². The third kappa shape index (κ3) is 5.89. The molecule has 37 heavy (non-hydrogen) atoms. The number of likely N-dealkylation sites (tertiary alicyclic amines) is 1. The van der Waals surface area contributed by atoms with Gasteiger partial charge in [0.1, 0.15) is 11.6 Å². The summed E-state index contributed by atoms with van der Waals surface area (Å²) in [4.78, 5) is 27.7. The molecule has 0 bridgehead atoms. The van der Waals surface area contributed by atoms with Gasteiger partial charge in [0.15, 0.2) is 11.5 Å². The lowest BCUT2D eigenvalue weighted by Crippen LogP contribution is -2.42. The second-order valence-corrected chi connectivity index (χ2v) is 10.8. The quantitative estimate of drug-likeness (QED) is 0.547. The van der Waals surface area contributed by atoms with Crippen LogP contribution in [0.1, 0.15) is 60.9 Å². The van der Waals surface area contributed by atoms with Gasteiger partial charge in [-0.15, -0.1) is 0 Å². The molecular formula is C29H34F2N2O4. The zero-order valence-electron chi connectivity index (χ0n) is 21.2. The summed E-state index contributed by atoms with van der Waals surface area (Å²) in [5, 5.41) is 2.95. The number of ether oxygens (including phenoxy) is 2. The lowest BCUT2D eigenvalue weighted by Gasteiger charge is -2.37. The van der Waals surface area contributed by atoms with Crippen LogP contribution in [0.25, 0.3) is 0 Å². The van der Waals surface area contributed by atoms with E-state index in [0.717, 1.165) is 44.2 Å². The lowest BCUT2D eigenvalue weighted by molar-refractivity contribution is -0.121. The maximum atomic E-state index is 13.9. The maximum Gasteiger partial charge on any atom is 0.254 e. The number of rotatable bonds is 8. The minimum atomic E-state index is -0.702. The highest BCUT2D eigenvalue weighted by atomic mass is 19.1. The Hall–Kier alpha value is -3.16. The number of carbonyl (C=O) groups excluding carboxylic acids is 2. The Balaban J connectivity index is 1.14. The average molecular weight is 513 g/mol. The lowest BCUT2D eigenvalue weighted by atomic mass is 9.72. The van der Waals surface area contributed by atoms with Crippen LogP contribution in [0.15, 0.2) is 36.4 Å². The topological polar surface area (TPSA) is 67.9 Å². The minimum Gasteiger partial charge on any atom is -0.493 e. The van der Waals surface area contributed by atoms with Crippen molar-refractivity contribution in [1.82, 2.24) is 10.2 Å². The van der Waals surface area contributed by atoms with Crippen molar-refractivity contribution < 1.29 is 27.8 Å². The standard InChI is InChI=1S/C29H34F2N2O4/c1-36-25-8-7-20(15-26(25)37-17-19-5-6-19)28(35)33-14-13-29(18-33)11-9-21(10-12-29)32-27(34)16-22-23(30)3-2-4-24(22)31/h2-4,7-8,15,19,21H,5-6,9-14,16-18H2,1H3,(H,32,34). The Morgan fingerprint density at radius 2 is 1.76 bits per heavy atom. The van der Waals surface area contributed by atoms with Crippen LogP contribution >= 0.6 is 0 Å². The molecule has 5 rings (SSSR count). The highest BCUT2D eigenvalue weighted by Gasteiger charge is 2.42. The second kappa shape index (κ2) is 10.7. The van der Waals surface area contributed by atoms with E-state index in [0.29, 0.717) is 42.7 Å². The number of nitrogens with one attached hydrogen (secondary N) is 1. The average Bonchev–Trinajstić information content (AvgIpc) is 3.64. The molecule has 8 heteroatoms. The Morgan fingerprint density at radius 3 is 2.43 bits per heavy atom. The van der Waals surface area contributed by atoms with Crippen molar-refractivity contribution in [3.63, 3.8) is 0 Å². The minimum absolute atomic E-state index is 0.00172. The Kier molecular flexibility index (Phi) is 7.36. The molecule has 3 fully saturated rings. The second-order valence-electron chi connectivity index (χ2n) is 10.8. The number of carbonyl (C=O) groups is 2. The number of nitrogens with zero attached hydrogens (tertiary/aromatic N) is 1. The highest BCUT2D eigenvalue weighted by molar-refractivity contribution is 5.95. The molecule has 198 valence electrons. The van der Waals surface area contributed by atoms with E-state index in [4.69, 9.17) is 9.47 Å². The molecule has 2 aromatic carbocycles. The number of benzene rings is 2. The van der Waals surface area contributed by atoms with Crippen molar-refractivity contribution in [1.29, 1.82) is 0 Å². The van der Waals surface area contributed by atoms with Crippen LogP contribution in [0, 0.1) is 23.0 Å². The fraction of sp³-hybridized carbons (Fsp3) is 0.517. The molecule has 2 aliphatic carbocycles. The number of hydrogen-bond donors (Lipinski definition) is 1. The van der Waals surface area contributed by atoms with Gasteiger partial charge < -0.3 is 19.7 Å². The number of amides is 2. The van der Waals surface area contributed by atoms with Gasteiger partial charge in [-0.3, -0.25) is 9.59 Å². The number of methoxy groups -OCH3 is 1. The summed E-state index contributed by atoms with van der Waals surface area (Å²) in [6.07, 6.45) is 6.36. The van der Waals surface area contributed by atoms with Crippen LogP contribution in [0.4, 0.5) is 8.78 Å². The largest absolute Gasteiger partial charge is 0.493 e. The van der Waals surface area contributed by atoms with Gasteiger partial charge in [-0.2, -0.15) is 0 Å². The molecule has 0 unspecified atom stereocenters. The summed E-state index contributed by atoms with van der Waals surface area (Å²) in [5.41, 5.74) is 0.452. The zero-order chi connectivity index (χ0) is 26.0. The van der Waals surface area contributed by atoms with Crippen molar-refractivity contribution >= 4 is 11.8 Å². The van der Waals surface area contributed by atoms with Gasteiger partial charge in [-0.1, -0.05) is 6.07 Å². The van der Waals surface area contributed by atoms with E-state index in [1.165, 1.54) is 18.9 Å². The van der Waals surface area contributed by atoms with Crippen LogP contribution < -0.4 is 14.8 Å². The molecule has 1 spiro atoms. The van der Waals surface area contributed by atoms with Crippen molar-refractivity contribution in [3.8, 4) is 11.5 Å². The summed E-state index contributed by atoms with van der Waals surface area (Å²) in [5.74, 6) is 0.0707. The molecule has 1 aliphatic heterocycles. The van der Waals surface area contributed by atoms with E-state index in [9.17, 15) is 18.4 Å². The van der Waals surface area contributed by atoms with E-state index >= 15 is 0 Å². The normalized spacial score (nSPS) is 23.2. The van der Waals surface area contributed by atoms with Crippen LogP contribution in [-0.4, -0.2) is 49.6 Å². The monoisotopic (exact) mass is 512 g/mol. The van der Waals surface area contributed by atoms with Crippen LogP contribution in [0.2, 0.25) is 0 Å². The van der Waals surface area contributed by atoms with Gasteiger partial charge in [0.05, 0.1) is 20.1 Å². The van der Waals surface area contributed by atoms with E-state index < -0.39 is 11.6 Å².